The first kappa shape index (κ1) is 13.6. The molecule has 1 atom stereocenters. The first-order chi connectivity index (χ1) is 9.80. The van der Waals surface area contributed by atoms with Crippen molar-refractivity contribution in [1.82, 2.24) is 5.32 Å². The lowest BCUT2D eigenvalue weighted by Gasteiger charge is -2.22. The maximum absolute atomic E-state index is 5.49. The van der Waals surface area contributed by atoms with Crippen molar-refractivity contribution in [2.24, 2.45) is 5.92 Å². The molecular weight excluding hydrogens is 252 g/mol. The van der Waals surface area contributed by atoms with Gasteiger partial charge in [0.2, 0.25) is 0 Å². The minimum absolute atomic E-state index is 0.742. The van der Waals surface area contributed by atoms with Crippen LogP contribution in [0, 0.1) is 5.92 Å². The van der Waals surface area contributed by atoms with Gasteiger partial charge in [-0.1, -0.05) is 0 Å². The smallest absolute Gasteiger partial charge is 0.142 e. The number of nitrogens with zero attached hydrogens (tertiary/aromatic N) is 1. The third-order valence-corrected chi connectivity index (χ3v) is 4.29. The summed E-state index contributed by atoms with van der Waals surface area (Å²) in [6, 6.07) is 6.82. The molecule has 110 valence electrons. The Morgan fingerprint density at radius 1 is 1.20 bits per heavy atom. The molecule has 2 aliphatic rings. The van der Waals surface area contributed by atoms with Gasteiger partial charge in [0.15, 0.2) is 0 Å². The zero-order chi connectivity index (χ0) is 13.9. The molecule has 1 saturated heterocycles. The second-order valence-electron chi connectivity index (χ2n) is 5.82. The number of anilines is 1. The number of benzene rings is 1. The lowest BCUT2D eigenvalue weighted by molar-refractivity contribution is 0.403. The molecule has 1 saturated carbocycles. The van der Waals surface area contributed by atoms with E-state index >= 15 is 0 Å². The molecule has 0 bridgehead atoms. The normalized spacial score (nSPS) is 22.1. The zero-order valence-electron chi connectivity index (χ0n) is 12.4. The molecular formula is C16H24N2O2. The molecule has 1 aliphatic carbocycles. The second-order valence-corrected chi connectivity index (χ2v) is 5.82. The van der Waals surface area contributed by atoms with Crippen molar-refractivity contribution in [3.8, 4) is 11.5 Å². The van der Waals surface area contributed by atoms with Gasteiger partial charge in [0.05, 0.1) is 19.9 Å². The Bertz CT molecular complexity index is 460. The van der Waals surface area contributed by atoms with E-state index in [1.54, 1.807) is 14.2 Å². The van der Waals surface area contributed by atoms with E-state index in [4.69, 9.17) is 9.47 Å². The van der Waals surface area contributed by atoms with Gasteiger partial charge in [-0.2, -0.15) is 0 Å². The fourth-order valence-corrected chi connectivity index (χ4v) is 2.88. The van der Waals surface area contributed by atoms with Gasteiger partial charge in [-0.05, 0) is 43.9 Å². The minimum atomic E-state index is 0.742. The quantitative estimate of drug-likeness (QED) is 0.864. The third kappa shape index (κ3) is 3.01. The summed E-state index contributed by atoms with van der Waals surface area (Å²) in [6.45, 7) is 3.34. The average molecular weight is 276 g/mol. The van der Waals surface area contributed by atoms with E-state index in [2.05, 4.69) is 16.3 Å². The summed E-state index contributed by atoms with van der Waals surface area (Å²) in [5.74, 6) is 2.56. The molecule has 0 aromatic heterocycles. The monoisotopic (exact) mass is 276 g/mol. The summed E-state index contributed by atoms with van der Waals surface area (Å²) in [7, 11) is 3.44. The highest BCUT2D eigenvalue weighted by atomic mass is 16.5. The van der Waals surface area contributed by atoms with E-state index in [1.807, 2.05) is 12.1 Å². The van der Waals surface area contributed by atoms with Crippen LogP contribution in [0.25, 0.3) is 0 Å². The molecule has 20 heavy (non-hydrogen) atoms. The van der Waals surface area contributed by atoms with Crippen molar-refractivity contribution < 1.29 is 9.47 Å². The molecule has 3 rings (SSSR count). The fraction of sp³-hybridized carbons (Fsp3) is 0.625. The Hall–Kier alpha value is -1.42. The van der Waals surface area contributed by atoms with E-state index < -0.39 is 0 Å². The lowest BCUT2D eigenvalue weighted by atomic mass is 10.1. The Kier molecular flexibility index (Phi) is 4.01. The van der Waals surface area contributed by atoms with Crippen molar-refractivity contribution in [3.05, 3.63) is 18.2 Å². The van der Waals surface area contributed by atoms with E-state index in [-0.39, 0.29) is 0 Å². The molecule has 1 N–H and O–H groups in total. The van der Waals surface area contributed by atoms with Crippen LogP contribution in [0.15, 0.2) is 18.2 Å². The molecule has 1 unspecified atom stereocenters. The molecule has 1 aromatic rings. The van der Waals surface area contributed by atoms with Crippen LogP contribution in [0.1, 0.15) is 19.3 Å². The fourth-order valence-electron chi connectivity index (χ4n) is 2.88. The predicted molar refractivity (Wildman–Crippen MR) is 80.9 cm³/mol. The van der Waals surface area contributed by atoms with E-state index in [9.17, 15) is 0 Å². The van der Waals surface area contributed by atoms with E-state index in [0.717, 1.165) is 48.8 Å². The highest BCUT2D eigenvalue weighted by Gasteiger charge is 2.27. The summed E-state index contributed by atoms with van der Waals surface area (Å²) in [4.78, 5) is 2.42. The average Bonchev–Trinajstić information content (AvgIpc) is 3.21. The Morgan fingerprint density at radius 3 is 2.75 bits per heavy atom. The Morgan fingerprint density at radius 2 is 2.05 bits per heavy atom. The second kappa shape index (κ2) is 5.92. The van der Waals surface area contributed by atoms with Gasteiger partial charge in [-0.3, -0.25) is 0 Å². The highest BCUT2D eigenvalue weighted by Crippen LogP contribution is 2.35. The molecule has 0 amide bonds. The first-order valence-corrected chi connectivity index (χ1v) is 7.50. The summed E-state index contributed by atoms with van der Waals surface area (Å²) in [5, 5.41) is 3.64. The first-order valence-electron chi connectivity index (χ1n) is 7.50. The standard InChI is InChI=1S/C16H24N2O2/c1-19-14-5-6-16(20-2)15(9-14)18-8-7-12(11-18)10-17-13-3-4-13/h5-6,9,12-13,17H,3-4,7-8,10-11H2,1-2H3. The number of rotatable bonds is 6. The molecule has 4 nitrogen and oxygen atoms in total. The van der Waals surface area contributed by atoms with Gasteiger partial charge in [0.25, 0.3) is 0 Å². The number of hydrogen-bond donors (Lipinski definition) is 1. The van der Waals surface area contributed by atoms with Gasteiger partial charge in [0.1, 0.15) is 11.5 Å². The minimum Gasteiger partial charge on any atom is -0.497 e. The van der Waals surface area contributed by atoms with Crippen molar-refractivity contribution in [2.45, 2.75) is 25.3 Å². The molecule has 4 heteroatoms. The summed E-state index contributed by atoms with van der Waals surface area (Å²) in [6.07, 6.45) is 3.97. The van der Waals surface area contributed by atoms with Crippen LogP contribution in [0.3, 0.4) is 0 Å². The van der Waals surface area contributed by atoms with Crippen LogP contribution in [0.5, 0.6) is 11.5 Å². The molecule has 2 fully saturated rings. The van der Waals surface area contributed by atoms with Gasteiger partial charge in [-0.25, -0.2) is 0 Å². The molecule has 0 radical (unpaired) electrons. The van der Waals surface area contributed by atoms with Crippen LogP contribution >= 0.6 is 0 Å². The summed E-state index contributed by atoms with van der Waals surface area (Å²) < 4.78 is 10.8. The van der Waals surface area contributed by atoms with Crippen LogP contribution < -0.4 is 19.7 Å². The largest absolute Gasteiger partial charge is 0.497 e. The Labute approximate surface area is 121 Å². The molecule has 1 heterocycles. The Balaban J connectivity index is 1.65. The van der Waals surface area contributed by atoms with Crippen molar-refractivity contribution in [2.75, 3.05) is 38.8 Å². The number of ether oxygens (including phenoxy) is 2. The zero-order valence-corrected chi connectivity index (χ0v) is 12.4. The van der Waals surface area contributed by atoms with Gasteiger partial charge in [-0.15, -0.1) is 0 Å². The summed E-state index contributed by atoms with van der Waals surface area (Å²) >= 11 is 0. The topological polar surface area (TPSA) is 33.7 Å². The maximum Gasteiger partial charge on any atom is 0.142 e. The van der Waals surface area contributed by atoms with E-state index in [0.29, 0.717) is 0 Å². The highest BCUT2D eigenvalue weighted by molar-refractivity contribution is 5.62. The lowest BCUT2D eigenvalue weighted by Crippen LogP contribution is -2.27. The third-order valence-electron chi connectivity index (χ3n) is 4.29. The van der Waals surface area contributed by atoms with Crippen LogP contribution in [-0.2, 0) is 0 Å². The van der Waals surface area contributed by atoms with Gasteiger partial charge < -0.3 is 19.7 Å². The van der Waals surface area contributed by atoms with Crippen LogP contribution in [-0.4, -0.2) is 39.9 Å². The molecule has 0 spiro atoms. The molecule has 1 aromatic carbocycles. The van der Waals surface area contributed by atoms with E-state index in [1.165, 1.54) is 19.3 Å². The predicted octanol–water partition coefficient (Wildman–Crippen LogP) is 2.28. The van der Waals surface area contributed by atoms with Crippen LogP contribution in [0.2, 0.25) is 0 Å². The van der Waals surface area contributed by atoms with Crippen molar-refractivity contribution in [3.63, 3.8) is 0 Å². The van der Waals surface area contributed by atoms with Crippen molar-refractivity contribution in [1.29, 1.82) is 0 Å². The number of methoxy groups -OCH3 is 2. The van der Waals surface area contributed by atoms with Gasteiger partial charge >= 0.3 is 0 Å². The van der Waals surface area contributed by atoms with Crippen molar-refractivity contribution >= 4 is 5.69 Å². The van der Waals surface area contributed by atoms with Crippen LogP contribution in [0.4, 0.5) is 5.69 Å². The number of nitrogens with one attached hydrogen (secondary N) is 1. The SMILES string of the molecule is COc1ccc(OC)c(N2CCC(CNC3CC3)C2)c1. The number of hydrogen-bond acceptors (Lipinski definition) is 4. The maximum atomic E-state index is 5.49. The summed E-state index contributed by atoms with van der Waals surface area (Å²) in [5.41, 5.74) is 1.15. The molecule has 1 aliphatic heterocycles. The van der Waals surface area contributed by atoms with Gasteiger partial charge in [0, 0.05) is 25.2 Å².